The number of rotatable bonds is 4. The molecule has 2 fully saturated rings. The van der Waals surface area contributed by atoms with E-state index in [1.165, 1.54) is 32.1 Å². The molecule has 5 heteroatoms. The average Bonchev–Trinajstić information content (AvgIpc) is 3.14. The van der Waals surface area contributed by atoms with Gasteiger partial charge in [-0.15, -0.1) is 0 Å². The zero-order valence-electron chi connectivity index (χ0n) is 15.2. The van der Waals surface area contributed by atoms with Crippen LogP contribution in [0.2, 0.25) is 5.02 Å². The van der Waals surface area contributed by atoms with Crippen molar-refractivity contribution in [2.45, 2.75) is 63.0 Å². The number of likely N-dealkylation sites (tertiary alicyclic amines) is 1. The number of aliphatic hydroxyl groups is 1. The molecule has 2 heterocycles. The quantitative estimate of drug-likeness (QED) is 0.830. The minimum absolute atomic E-state index is 0.581. The highest BCUT2D eigenvalue weighted by Gasteiger charge is 2.34. The third kappa shape index (κ3) is 3.98. The Morgan fingerprint density at radius 3 is 2.50 bits per heavy atom. The summed E-state index contributed by atoms with van der Waals surface area (Å²) in [5, 5.41) is 16.0. The first-order valence-electron chi connectivity index (χ1n) is 9.79. The summed E-state index contributed by atoms with van der Waals surface area (Å²) in [7, 11) is 0. The van der Waals surface area contributed by atoms with E-state index in [1.54, 1.807) is 0 Å². The van der Waals surface area contributed by atoms with Crippen molar-refractivity contribution in [3.63, 3.8) is 0 Å². The highest BCUT2D eigenvalue weighted by Crippen LogP contribution is 2.35. The van der Waals surface area contributed by atoms with Crippen molar-refractivity contribution in [3.8, 4) is 0 Å². The van der Waals surface area contributed by atoms with Crippen molar-refractivity contribution in [3.05, 3.63) is 52.4 Å². The molecule has 0 radical (unpaired) electrons. The molecule has 2 aliphatic rings. The van der Waals surface area contributed by atoms with Crippen LogP contribution < -0.4 is 0 Å². The zero-order chi connectivity index (χ0) is 18.0. The Labute approximate surface area is 160 Å². The highest BCUT2D eigenvalue weighted by molar-refractivity contribution is 6.30. The summed E-state index contributed by atoms with van der Waals surface area (Å²) in [4.78, 5) is 2.34. The fraction of sp³-hybridized carbons (Fsp3) is 0.571. The molecule has 1 aliphatic heterocycles. The number of hydrogen-bond acceptors (Lipinski definition) is 4. The lowest BCUT2D eigenvalue weighted by Crippen LogP contribution is -2.42. The van der Waals surface area contributed by atoms with Crippen molar-refractivity contribution in [2.24, 2.45) is 0 Å². The summed E-state index contributed by atoms with van der Waals surface area (Å²) in [6.45, 7) is 2.47. The Morgan fingerprint density at radius 2 is 1.81 bits per heavy atom. The molecule has 4 nitrogen and oxygen atoms in total. The smallest absolute Gasteiger partial charge is 0.150 e. The molecular formula is C21H27ClN2O2. The van der Waals surface area contributed by atoms with Crippen LogP contribution in [-0.4, -0.2) is 28.3 Å². The van der Waals surface area contributed by atoms with Crippen LogP contribution in [0.15, 0.2) is 34.9 Å². The van der Waals surface area contributed by atoms with Gasteiger partial charge in [-0.25, -0.2) is 0 Å². The van der Waals surface area contributed by atoms with Gasteiger partial charge in [0.25, 0.3) is 0 Å². The van der Waals surface area contributed by atoms with Crippen LogP contribution >= 0.6 is 11.6 Å². The first kappa shape index (κ1) is 18.0. The predicted molar refractivity (Wildman–Crippen MR) is 102 cm³/mol. The van der Waals surface area contributed by atoms with E-state index in [0.717, 1.165) is 49.5 Å². The van der Waals surface area contributed by atoms with E-state index in [9.17, 15) is 5.11 Å². The van der Waals surface area contributed by atoms with Gasteiger partial charge in [-0.3, -0.25) is 4.90 Å². The molecule has 0 atom stereocenters. The topological polar surface area (TPSA) is 49.5 Å². The van der Waals surface area contributed by atoms with Crippen LogP contribution in [0.5, 0.6) is 0 Å². The number of nitrogens with zero attached hydrogens (tertiary/aromatic N) is 2. The van der Waals surface area contributed by atoms with Gasteiger partial charge < -0.3 is 9.63 Å². The van der Waals surface area contributed by atoms with E-state index in [-0.39, 0.29) is 0 Å². The molecule has 0 spiro atoms. The highest BCUT2D eigenvalue weighted by atomic mass is 35.5. The minimum atomic E-state index is -0.754. The summed E-state index contributed by atoms with van der Waals surface area (Å²) in [6.07, 6.45) is 7.89. The number of piperidine rings is 1. The Balaban J connectivity index is 1.34. The van der Waals surface area contributed by atoms with Crippen LogP contribution in [-0.2, 0) is 12.1 Å². The van der Waals surface area contributed by atoms with Gasteiger partial charge in [0.15, 0.2) is 5.76 Å². The second-order valence-corrected chi connectivity index (χ2v) is 8.30. The monoisotopic (exact) mass is 374 g/mol. The first-order chi connectivity index (χ1) is 12.6. The molecule has 1 saturated carbocycles. The first-order valence-corrected chi connectivity index (χ1v) is 10.2. The van der Waals surface area contributed by atoms with Gasteiger partial charge in [0.1, 0.15) is 0 Å². The van der Waals surface area contributed by atoms with Gasteiger partial charge in [-0.1, -0.05) is 48.2 Å². The van der Waals surface area contributed by atoms with Crippen LogP contribution in [0.25, 0.3) is 0 Å². The van der Waals surface area contributed by atoms with Crippen molar-refractivity contribution in [2.75, 3.05) is 13.1 Å². The van der Waals surface area contributed by atoms with Crippen LogP contribution in [0, 0.1) is 0 Å². The number of benzene rings is 1. The summed E-state index contributed by atoms with van der Waals surface area (Å²) < 4.78 is 5.60. The van der Waals surface area contributed by atoms with Crippen molar-refractivity contribution >= 4 is 11.6 Å². The average molecular weight is 375 g/mol. The Hall–Kier alpha value is -1.36. The summed E-state index contributed by atoms with van der Waals surface area (Å²) in [6, 6.07) is 9.72. The van der Waals surface area contributed by atoms with Gasteiger partial charge in [0, 0.05) is 30.1 Å². The van der Waals surface area contributed by atoms with Crippen molar-refractivity contribution in [1.29, 1.82) is 0 Å². The van der Waals surface area contributed by atoms with Crippen LogP contribution in [0.1, 0.15) is 67.9 Å². The number of aromatic nitrogens is 1. The van der Waals surface area contributed by atoms with Crippen LogP contribution in [0.3, 0.4) is 0 Å². The van der Waals surface area contributed by atoms with E-state index in [0.29, 0.717) is 10.9 Å². The largest absolute Gasteiger partial charge is 0.385 e. The van der Waals surface area contributed by atoms with E-state index >= 15 is 0 Å². The molecule has 0 amide bonds. The molecule has 1 aromatic carbocycles. The Kier molecular flexibility index (Phi) is 5.35. The standard InChI is InChI=1S/C21H27ClN2O2/c22-18-8-6-17(7-9-18)21(25)10-12-24(13-11-21)15-19-14-20(23-26-19)16-4-2-1-3-5-16/h6-9,14,16,25H,1-5,10-13,15H2. The molecule has 1 N–H and O–H groups in total. The lowest BCUT2D eigenvalue weighted by molar-refractivity contribution is -0.0292. The maximum Gasteiger partial charge on any atom is 0.150 e. The molecule has 140 valence electrons. The van der Waals surface area contributed by atoms with E-state index in [2.05, 4.69) is 16.1 Å². The molecule has 4 rings (SSSR count). The third-order valence-corrected chi connectivity index (χ3v) is 6.30. The fourth-order valence-corrected chi connectivity index (χ4v) is 4.47. The molecule has 26 heavy (non-hydrogen) atoms. The summed E-state index contributed by atoms with van der Waals surface area (Å²) in [5.41, 5.74) is 1.34. The molecule has 0 unspecified atom stereocenters. The molecule has 1 aliphatic carbocycles. The van der Waals surface area contributed by atoms with Gasteiger partial charge in [-0.05, 0) is 43.4 Å². The summed E-state index contributed by atoms with van der Waals surface area (Å²) >= 11 is 5.96. The summed E-state index contributed by atoms with van der Waals surface area (Å²) in [5.74, 6) is 1.53. The molecule has 2 aromatic rings. The van der Waals surface area contributed by atoms with E-state index in [4.69, 9.17) is 16.1 Å². The van der Waals surface area contributed by atoms with Gasteiger partial charge in [0.05, 0.1) is 17.8 Å². The van der Waals surface area contributed by atoms with Crippen molar-refractivity contribution in [1.82, 2.24) is 10.1 Å². The zero-order valence-corrected chi connectivity index (χ0v) is 15.9. The third-order valence-electron chi connectivity index (χ3n) is 6.04. The van der Waals surface area contributed by atoms with Gasteiger partial charge >= 0.3 is 0 Å². The van der Waals surface area contributed by atoms with E-state index < -0.39 is 5.60 Å². The second kappa shape index (κ2) is 7.71. The van der Waals surface area contributed by atoms with Crippen LogP contribution in [0.4, 0.5) is 0 Å². The fourth-order valence-electron chi connectivity index (χ4n) is 4.34. The SMILES string of the molecule is OC1(c2ccc(Cl)cc2)CCN(Cc2cc(C3CCCCC3)no2)CC1. The van der Waals surface area contributed by atoms with Gasteiger partial charge in [-0.2, -0.15) is 0 Å². The van der Waals surface area contributed by atoms with Crippen molar-refractivity contribution < 1.29 is 9.63 Å². The Bertz CT molecular complexity index is 714. The lowest BCUT2D eigenvalue weighted by Gasteiger charge is -2.38. The lowest BCUT2D eigenvalue weighted by atomic mass is 9.84. The number of hydrogen-bond donors (Lipinski definition) is 1. The number of halogens is 1. The molecule has 1 saturated heterocycles. The molecular weight excluding hydrogens is 348 g/mol. The molecule has 0 bridgehead atoms. The molecule has 1 aromatic heterocycles. The maximum absolute atomic E-state index is 11.0. The minimum Gasteiger partial charge on any atom is -0.385 e. The predicted octanol–water partition coefficient (Wildman–Crippen LogP) is 4.86. The second-order valence-electron chi connectivity index (χ2n) is 7.87. The normalized spacial score (nSPS) is 21.8. The maximum atomic E-state index is 11.0. The van der Waals surface area contributed by atoms with Gasteiger partial charge in [0.2, 0.25) is 0 Å². The Morgan fingerprint density at radius 1 is 1.12 bits per heavy atom. The van der Waals surface area contributed by atoms with E-state index in [1.807, 2.05) is 24.3 Å².